The second-order valence-electron chi connectivity index (χ2n) is 4.75. The Balaban J connectivity index is 1.88. The van der Waals surface area contributed by atoms with Crippen LogP contribution in [0.4, 0.5) is 0 Å². The molecule has 6 nitrogen and oxygen atoms in total. The number of aryl methyl sites for hydroxylation is 1. The van der Waals surface area contributed by atoms with Crippen LogP contribution in [0.2, 0.25) is 0 Å². The van der Waals surface area contributed by atoms with Gasteiger partial charge < -0.3 is 4.74 Å². The van der Waals surface area contributed by atoms with Gasteiger partial charge in [-0.15, -0.1) is 5.10 Å². The Labute approximate surface area is 120 Å². The van der Waals surface area contributed by atoms with Crippen LogP contribution in [0.1, 0.15) is 18.9 Å². The molecule has 2 aromatic rings. The number of para-hydroxylation sites is 1. The molecule has 0 unspecified atom stereocenters. The van der Waals surface area contributed by atoms with E-state index in [2.05, 4.69) is 15.5 Å². The van der Waals surface area contributed by atoms with E-state index in [9.17, 15) is 4.79 Å². The summed E-state index contributed by atoms with van der Waals surface area (Å²) in [6.45, 7) is 3.89. The first-order chi connectivity index (χ1) is 9.65. The molecule has 0 aliphatic carbocycles. The lowest BCUT2D eigenvalue weighted by Gasteiger charge is -2.08. The van der Waals surface area contributed by atoms with E-state index in [4.69, 9.17) is 4.74 Å². The summed E-state index contributed by atoms with van der Waals surface area (Å²) in [6, 6.07) is 7.85. The van der Waals surface area contributed by atoms with Crippen molar-refractivity contribution in [2.45, 2.75) is 36.8 Å². The van der Waals surface area contributed by atoms with E-state index >= 15 is 0 Å². The molecule has 3 rings (SSSR count). The van der Waals surface area contributed by atoms with E-state index in [1.807, 2.05) is 38.1 Å². The molecule has 2 atom stereocenters. The van der Waals surface area contributed by atoms with Gasteiger partial charge in [-0.05, 0) is 35.9 Å². The van der Waals surface area contributed by atoms with Gasteiger partial charge in [-0.1, -0.05) is 30.0 Å². The van der Waals surface area contributed by atoms with Crippen molar-refractivity contribution in [2.75, 3.05) is 0 Å². The van der Waals surface area contributed by atoms with Crippen LogP contribution in [-0.4, -0.2) is 37.5 Å². The Morgan fingerprint density at radius 3 is 2.90 bits per heavy atom. The summed E-state index contributed by atoms with van der Waals surface area (Å²) in [5, 5.41) is 12.1. The minimum absolute atomic E-state index is 0.0391. The van der Waals surface area contributed by atoms with Crippen molar-refractivity contribution in [1.82, 2.24) is 20.2 Å². The summed E-state index contributed by atoms with van der Waals surface area (Å²) in [5.41, 5.74) is 1.99. The van der Waals surface area contributed by atoms with Gasteiger partial charge in [0, 0.05) is 6.42 Å². The third-order valence-electron chi connectivity index (χ3n) is 3.16. The summed E-state index contributed by atoms with van der Waals surface area (Å²) < 4.78 is 6.82. The van der Waals surface area contributed by atoms with E-state index in [1.54, 1.807) is 4.68 Å². The number of ether oxygens (including phenoxy) is 1. The summed E-state index contributed by atoms with van der Waals surface area (Å²) >= 11 is 1.35. The fourth-order valence-corrected chi connectivity index (χ4v) is 3.24. The zero-order valence-corrected chi connectivity index (χ0v) is 12.0. The van der Waals surface area contributed by atoms with Gasteiger partial charge in [0.1, 0.15) is 11.4 Å². The number of hydrogen-bond donors (Lipinski definition) is 0. The van der Waals surface area contributed by atoms with E-state index < -0.39 is 0 Å². The van der Waals surface area contributed by atoms with Gasteiger partial charge in [0.05, 0.1) is 5.69 Å². The first-order valence-electron chi connectivity index (χ1n) is 6.36. The summed E-state index contributed by atoms with van der Waals surface area (Å²) in [6.07, 6.45) is 0.646. The molecule has 1 aliphatic rings. The minimum atomic E-state index is -0.237. The fraction of sp³-hybridized carbons (Fsp3) is 0.385. The maximum Gasteiger partial charge on any atom is 0.319 e. The van der Waals surface area contributed by atoms with Crippen molar-refractivity contribution in [3.8, 4) is 5.69 Å². The van der Waals surface area contributed by atoms with E-state index in [0.717, 1.165) is 11.3 Å². The highest BCUT2D eigenvalue weighted by Gasteiger charge is 2.34. The monoisotopic (exact) mass is 290 g/mol. The Bertz CT molecular complexity index is 643. The van der Waals surface area contributed by atoms with Crippen molar-refractivity contribution >= 4 is 17.7 Å². The number of esters is 1. The highest BCUT2D eigenvalue weighted by atomic mass is 32.2. The second-order valence-corrected chi connectivity index (χ2v) is 5.92. The second kappa shape index (κ2) is 5.24. The third-order valence-corrected chi connectivity index (χ3v) is 4.29. The molecule has 1 aromatic heterocycles. The summed E-state index contributed by atoms with van der Waals surface area (Å²) in [4.78, 5) is 11.7. The topological polar surface area (TPSA) is 69.9 Å². The van der Waals surface area contributed by atoms with Gasteiger partial charge >= 0.3 is 5.97 Å². The maximum atomic E-state index is 11.7. The molecule has 0 saturated carbocycles. The van der Waals surface area contributed by atoms with Gasteiger partial charge in [0.15, 0.2) is 0 Å². The van der Waals surface area contributed by atoms with Crippen molar-refractivity contribution in [2.24, 2.45) is 0 Å². The number of hydrogen-bond acceptors (Lipinski definition) is 6. The molecule has 104 valence electrons. The van der Waals surface area contributed by atoms with Crippen molar-refractivity contribution < 1.29 is 9.53 Å². The van der Waals surface area contributed by atoms with Crippen LogP contribution in [-0.2, 0) is 9.53 Å². The molecule has 1 fully saturated rings. The number of tetrazole rings is 1. The zero-order chi connectivity index (χ0) is 14.1. The molecular weight excluding hydrogens is 276 g/mol. The molecule has 0 radical (unpaired) electrons. The molecule has 0 N–H and O–H groups in total. The van der Waals surface area contributed by atoms with Crippen molar-refractivity contribution in [1.29, 1.82) is 0 Å². The highest BCUT2D eigenvalue weighted by molar-refractivity contribution is 8.00. The number of nitrogens with zero attached hydrogens (tertiary/aromatic N) is 4. The smallest absolute Gasteiger partial charge is 0.319 e. The molecule has 1 saturated heterocycles. The predicted molar refractivity (Wildman–Crippen MR) is 73.7 cm³/mol. The van der Waals surface area contributed by atoms with Crippen molar-refractivity contribution in [3.63, 3.8) is 0 Å². The molecular formula is C13H14N4O2S. The number of thioether (sulfide) groups is 1. The Morgan fingerprint density at radius 2 is 2.20 bits per heavy atom. The maximum absolute atomic E-state index is 11.7. The Hall–Kier alpha value is -1.89. The quantitative estimate of drug-likeness (QED) is 0.802. The predicted octanol–water partition coefficient (Wildman–Crippen LogP) is 1.77. The standard InChI is InChI=1S/C13H14N4O2S/c1-8-5-3-4-6-10(8)17-13(14-15-16-17)20-11-7-9(2)19-12(11)18/h3-6,9,11H,7H2,1-2H3/t9-,11-/m0/s1. The van der Waals surface area contributed by atoms with Crippen LogP contribution in [0.15, 0.2) is 29.4 Å². The summed E-state index contributed by atoms with van der Waals surface area (Å²) in [5.74, 6) is -0.193. The van der Waals surface area contributed by atoms with Gasteiger partial charge in [0.2, 0.25) is 5.16 Å². The first-order valence-corrected chi connectivity index (χ1v) is 7.24. The Morgan fingerprint density at radius 1 is 1.40 bits per heavy atom. The first kappa shape index (κ1) is 13.1. The number of aromatic nitrogens is 4. The molecule has 0 bridgehead atoms. The molecule has 1 aromatic carbocycles. The lowest BCUT2D eigenvalue weighted by molar-refractivity contribution is -0.140. The van der Waals surface area contributed by atoms with E-state index in [0.29, 0.717) is 11.6 Å². The average Bonchev–Trinajstić information content (AvgIpc) is 2.98. The van der Waals surface area contributed by atoms with E-state index in [1.165, 1.54) is 11.8 Å². The van der Waals surface area contributed by atoms with E-state index in [-0.39, 0.29) is 17.3 Å². The van der Waals surface area contributed by atoms with Crippen LogP contribution in [0.5, 0.6) is 0 Å². The van der Waals surface area contributed by atoms with Gasteiger partial charge in [-0.25, -0.2) is 0 Å². The minimum Gasteiger partial charge on any atom is -0.462 e. The number of carbonyl (C=O) groups excluding carboxylic acids is 1. The molecule has 7 heteroatoms. The normalized spacial score (nSPS) is 22.0. The lowest BCUT2D eigenvalue weighted by Crippen LogP contribution is -2.11. The Kier molecular flexibility index (Phi) is 3.43. The molecule has 0 amide bonds. The number of carbonyl (C=O) groups is 1. The number of benzene rings is 1. The van der Waals surface area contributed by atoms with Crippen molar-refractivity contribution in [3.05, 3.63) is 29.8 Å². The summed E-state index contributed by atoms with van der Waals surface area (Å²) in [7, 11) is 0. The van der Waals surface area contributed by atoms with Gasteiger partial charge in [-0.3, -0.25) is 4.79 Å². The van der Waals surface area contributed by atoms with Crippen LogP contribution in [0.25, 0.3) is 5.69 Å². The molecule has 0 spiro atoms. The van der Waals surface area contributed by atoms with Crippen LogP contribution < -0.4 is 0 Å². The van der Waals surface area contributed by atoms with Crippen LogP contribution >= 0.6 is 11.8 Å². The van der Waals surface area contributed by atoms with Crippen LogP contribution in [0, 0.1) is 6.92 Å². The fourth-order valence-electron chi connectivity index (χ4n) is 2.15. The third kappa shape index (κ3) is 2.40. The van der Waals surface area contributed by atoms with Gasteiger partial charge in [-0.2, -0.15) is 4.68 Å². The lowest BCUT2D eigenvalue weighted by atomic mass is 10.2. The number of rotatable bonds is 3. The zero-order valence-electron chi connectivity index (χ0n) is 11.2. The highest BCUT2D eigenvalue weighted by Crippen LogP contribution is 2.31. The average molecular weight is 290 g/mol. The SMILES string of the molecule is Cc1ccccc1-n1nnnc1S[C@H]1C[C@H](C)OC1=O. The molecule has 2 heterocycles. The van der Waals surface area contributed by atoms with Crippen LogP contribution in [0.3, 0.4) is 0 Å². The van der Waals surface area contributed by atoms with Gasteiger partial charge in [0.25, 0.3) is 0 Å². The number of cyclic esters (lactones) is 1. The molecule has 20 heavy (non-hydrogen) atoms. The largest absolute Gasteiger partial charge is 0.462 e. The molecule has 1 aliphatic heterocycles.